The fourth-order valence-electron chi connectivity index (χ4n) is 2.83. The maximum absolute atomic E-state index is 13.0. The lowest BCUT2D eigenvalue weighted by molar-refractivity contribution is -0.133. The Balaban J connectivity index is 0.00000162. The molecule has 4 nitrogen and oxygen atoms in total. The summed E-state index contributed by atoms with van der Waals surface area (Å²) in [5, 5.41) is 0. The van der Waals surface area contributed by atoms with E-state index >= 15 is 0 Å². The van der Waals surface area contributed by atoms with Crippen LogP contribution in [0, 0.1) is 5.92 Å². The quantitative estimate of drug-likeness (QED) is 0.786. The first-order valence-corrected chi connectivity index (χ1v) is 6.52. The molecule has 2 fully saturated rings. The summed E-state index contributed by atoms with van der Waals surface area (Å²) < 4.78 is 13.0. The minimum Gasteiger partial charge on any atom is -0.338 e. The summed E-state index contributed by atoms with van der Waals surface area (Å²) >= 11 is 0. The van der Waals surface area contributed by atoms with Crippen molar-refractivity contribution in [3.63, 3.8) is 0 Å². The van der Waals surface area contributed by atoms with Gasteiger partial charge < -0.3 is 16.4 Å². The van der Waals surface area contributed by atoms with E-state index in [0.29, 0.717) is 13.0 Å². The van der Waals surface area contributed by atoms with Crippen LogP contribution in [0.25, 0.3) is 0 Å². The lowest BCUT2D eigenvalue weighted by Gasteiger charge is -2.31. The molecule has 1 aliphatic carbocycles. The Hall–Kier alpha value is -0.390. The van der Waals surface area contributed by atoms with Crippen molar-refractivity contribution in [2.45, 2.75) is 50.4 Å². The van der Waals surface area contributed by atoms with Gasteiger partial charge in [0.25, 0.3) is 0 Å². The third-order valence-electron chi connectivity index (χ3n) is 4.05. The molecule has 1 amide bonds. The van der Waals surface area contributed by atoms with Crippen molar-refractivity contribution in [3.05, 3.63) is 0 Å². The Morgan fingerprint density at radius 3 is 2.33 bits per heavy atom. The summed E-state index contributed by atoms with van der Waals surface area (Å²) in [5.74, 6) is 0.145. The number of hydrogen-bond acceptors (Lipinski definition) is 3. The van der Waals surface area contributed by atoms with Crippen LogP contribution in [0.4, 0.5) is 4.39 Å². The minimum absolute atomic E-state index is 0. The molecule has 106 valence electrons. The SMILES string of the molecule is Cl.NC1CCC([C@H](N)C(=O)N2CC[C@@H](F)C2)CC1. The van der Waals surface area contributed by atoms with Gasteiger partial charge in [0.2, 0.25) is 5.91 Å². The van der Waals surface area contributed by atoms with Gasteiger partial charge in [-0.25, -0.2) is 4.39 Å². The van der Waals surface area contributed by atoms with Crippen LogP contribution in [0.15, 0.2) is 0 Å². The second-order valence-corrected chi connectivity index (χ2v) is 5.37. The van der Waals surface area contributed by atoms with Gasteiger partial charge in [0, 0.05) is 12.6 Å². The highest BCUT2D eigenvalue weighted by atomic mass is 35.5. The molecule has 1 heterocycles. The number of alkyl halides is 1. The second-order valence-electron chi connectivity index (χ2n) is 5.37. The molecule has 0 unspecified atom stereocenters. The number of carbonyl (C=O) groups is 1. The van der Waals surface area contributed by atoms with Gasteiger partial charge >= 0.3 is 0 Å². The van der Waals surface area contributed by atoms with E-state index in [0.717, 1.165) is 25.7 Å². The van der Waals surface area contributed by atoms with Gasteiger partial charge in [-0.15, -0.1) is 12.4 Å². The van der Waals surface area contributed by atoms with Crippen LogP contribution < -0.4 is 11.5 Å². The van der Waals surface area contributed by atoms with E-state index in [1.807, 2.05) is 0 Å². The van der Waals surface area contributed by atoms with E-state index in [1.165, 1.54) is 0 Å². The summed E-state index contributed by atoms with van der Waals surface area (Å²) in [5.41, 5.74) is 11.8. The van der Waals surface area contributed by atoms with E-state index in [2.05, 4.69) is 0 Å². The molecule has 4 N–H and O–H groups in total. The number of amides is 1. The highest BCUT2D eigenvalue weighted by Crippen LogP contribution is 2.26. The van der Waals surface area contributed by atoms with Gasteiger partial charge in [0.05, 0.1) is 12.6 Å². The average molecular weight is 280 g/mol. The number of nitrogens with two attached hydrogens (primary N) is 2. The Kier molecular flexibility index (Phi) is 5.82. The maximum Gasteiger partial charge on any atom is 0.239 e. The van der Waals surface area contributed by atoms with Crippen molar-refractivity contribution in [2.24, 2.45) is 17.4 Å². The monoisotopic (exact) mass is 279 g/mol. The van der Waals surface area contributed by atoms with E-state index in [-0.39, 0.29) is 36.8 Å². The third-order valence-corrected chi connectivity index (χ3v) is 4.05. The van der Waals surface area contributed by atoms with Crippen LogP contribution in [0.2, 0.25) is 0 Å². The van der Waals surface area contributed by atoms with E-state index < -0.39 is 12.2 Å². The molecular weight excluding hydrogens is 257 g/mol. The second kappa shape index (κ2) is 6.68. The Bertz CT molecular complexity index is 284. The predicted molar refractivity (Wildman–Crippen MR) is 71.2 cm³/mol. The van der Waals surface area contributed by atoms with E-state index in [1.54, 1.807) is 4.90 Å². The normalized spacial score (nSPS) is 33.9. The molecule has 6 heteroatoms. The van der Waals surface area contributed by atoms with Crippen molar-refractivity contribution in [1.82, 2.24) is 4.90 Å². The minimum atomic E-state index is -0.870. The smallest absolute Gasteiger partial charge is 0.239 e. The van der Waals surface area contributed by atoms with Gasteiger partial charge in [-0.2, -0.15) is 0 Å². The summed E-state index contributed by atoms with van der Waals surface area (Å²) in [6.07, 6.45) is 3.30. The molecule has 2 atom stereocenters. The van der Waals surface area contributed by atoms with E-state index in [4.69, 9.17) is 11.5 Å². The molecule has 0 aromatic heterocycles. The molecule has 0 aromatic carbocycles. The van der Waals surface area contributed by atoms with Crippen LogP contribution in [-0.2, 0) is 4.79 Å². The first kappa shape index (κ1) is 15.7. The summed E-state index contributed by atoms with van der Waals surface area (Å²) in [7, 11) is 0. The predicted octanol–water partition coefficient (Wildman–Crippen LogP) is 0.823. The van der Waals surface area contributed by atoms with Crippen LogP contribution in [-0.4, -0.2) is 42.2 Å². The molecule has 1 aliphatic heterocycles. The molecular formula is C12H23ClFN3O. The van der Waals surface area contributed by atoms with Crippen LogP contribution in [0.5, 0.6) is 0 Å². The summed E-state index contributed by atoms with van der Waals surface area (Å²) in [6, 6.07) is -0.205. The fraction of sp³-hybridized carbons (Fsp3) is 0.917. The maximum atomic E-state index is 13.0. The van der Waals surface area contributed by atoms with Gasteiger partial charge in [0.1, 0.15) is 6.17 Å². The molecule has 0 aromatic rings. The lowest BCUT2D eigenvalue weighted by atomic mass is 9.81. The zero-order chi connectivity index (χ0) is 12.4. The zero-order valence-corrected chi connectivity index (χ0v) is 11.4. The van der Waals surface area contributed by atoms with Crippen LogP contribution in [0.1, 0.15) is 32.1 Å². The van der Waals surface area contributed by atoms with Gasteiger partial charge in [-0.3, -0.25) is 4.79 Å². The van der Waals surface area contributed by atoms with Crippen molar-refractivity contribution in [3.8, 4) is 0 Å². The molecule has 0 spiro atoms. The Morgan fingerprint density at radius 1 is 1.22 bits per heavy atom. The van der Waals surface area contributed by atoms with Gasteiger partial charge in [0.15, 0.2) is 0 Å². The number of hydrogen-bond donors (Lipinski definition) is 2. The summed E-state index contributed by atoms with van der Waals surface area (Å²) in [4.78, 5) is 13.6. The standard InChI is InChI=1S/C12H22FN3O.ClH/c13-9-5-6-16(7-9)12(17)11(15)8-1-3-10(14)4-2-8;/h8-11H,1-7,14-15H2;1H/t8?,9-,10?,11+;/m1./s1. The van der Waals surface area contributed by atoms with Crippen LogP contribution >= 0.6 is 12.4 Å². The van der Waals surface area contributed by atoms with Gasteiger partial charge in [-0.1, -0.05) is 0 Å². The number of carbonyl (C=O) groups excluding carboxylic acids is 1. The van der Waals surface area contributed by atoms with Crippen molar-refractivity contribution < 1.29 is 9.18 Å². The number of nitrogens with zero attached hydrogens (tertiary/aromatic N) is 1. The molecule has 0 radical (unpaired) electrons. The Labute approximate surface area is 114 Å². The highest BCUT2D eigenvalue weighted by Gasteiger charge is 2.34. The van der Waals surface area contributed by atoms with Crippen molar-refractivity contribution >= 4 is 18.3 Å². The van der Waals surface area contributed by atoms with E-state index in [9.17, 15) is 9.18 Å². The number of rotatable bonds is 2. The van der Waals surface area contributed by atoms with Crippen molar-refractivity contribution in [2.75, 3.05) is 13.1 Å². The van der Waals surface area contributed by atoms with Crippen LogP contribution in [0.3, 0.4) is 0 Å². The zero-order valence-electron chi connectivity index (χ0n) is 10.6. The largest absolute Gasteiger partial charge is 0.338 e. The molecule has 18 heavy (non-hydrogen) atoms. The molecule has 1 saturated carbocycles. The number of likely N-dealkylation sites (tertiary alicyclic amines) is 1. The first-order chi connectivity index (χ1) is 8.08. The molecule has 0 bridgehead atoms. The molecule has 2 rings (SSSR count). The van der Waals surface area contributed by atoms with Crippen molar-refractivity contribution in [1.29, 1.82) is 0 Å². The fourth-order valence-corrected chi connectivity index (χ4v) is 2.83. The number of halogens is 2. The average Bonchev–Trinajstić information content (AvgIpc) is 2.75. The highest BCUT2D eigenvalue weighted by molar-refractivity contribution is 5.85. The topological polar surface area (TPSA) is 72.3 Å². The first-order valence-electron chi connectivity index (χ1n) is 6.52. The summed E-state index contributed by atoms with van der Waals surface area (Å²) in [6.45, 7) is 0.735. The lowest BCUT2D eigenvalue weighted by Crippen LogP contribution is -2.48. The van der Waals surface area contributed by atoms with Gasteiger partial charge in [-0.05, 0) is 38.0 Å². The molecule has 1 saturated heterocycles. The Morgan fingerprint density at radius 2 is 1.83 bits per heavy atom. The third kappa shape index (κ3) is 3.56. The molecule has 2 aliphatic rings.